The second kappa shape index (κ2) is 11.6. The zero-order valence-corrected chi connectivity index (χ0v) is 32.6. The van der Waals surface area contributed by atoms with Gasteiger partial charge >= 0.3 is 303 Å². The van der Waals surface area contributed by atoms with E-state index < -0.39 is 20.0 Å². The summed E-state index contributed by atoms with van der Waals surface area (Å²) in [5.74, 6) is 0. The molecule has 0 N–H and O–H groups in total. The molecule has 2 atom stereocenters. The molecule has 50 heavy (non-hydrogen) atoms. The molecule has 1 heterocycles. The van der Waals surface area contributed by atoms with Crippen molar-refractivity contribution in [3.63, 3.8) is 0 Å². The van der Waals surface area contributed by atoms with Crippen LogP contribution in [0.4, 0.5) is 0 Å². The first-order chi connectivity index (χ1) is 24.6. The molecule has 3 aliphatic carbocycles. The average molecular weight is 809 g/mol. The second-order valence-corrected chi connectivity index (χ2v) is 32.9. The molecule has 0 aromatic heterocycles. The molecule has 1 heteroatoms. The van der Waals surface area contributed by atoms with E-state index in [4.69, 9.17) is 0 Å². The molecule has 4 bridgehead atoms. The number of benzene rings is 6. The number of hydrogen-bond donors (Lipinski definition) is 0. The van der Waals surface area contributed by atoms with Crippen LogP contribution >= 0.6 is 0 Å². The molecule has 0 radical (unpaired) electrons. The second-order valence-electron chi connectivity index (χ2n) is 15.6. The molecule has 0 nitrogen and oxygen atoms in total. The van der Waals surface area contributed by atoms with E-state index in [-0.39, 0.29) is 5.41 Å². The van der Waals surface area contributed by atoms with Crippen molar-refractivity contribution in [2.24, 2.45) is 5.41 Å². The van der Waals surface area contributed by atoms with Crippen molar-refractivity contribution in [1.82, 2.24) is 0 Å². The third-order valence-electron chi connectivity index (χ3n) is 12.7. The molecule has 1 saturated carbocycles. The zero-order valence-electron chi connectivity index (χ0n) is 29.0. The van der Waals surface area contributed by atoms with Crippen LogP contribution in [0.2, 0.25) is 9.36 Å². The summed E-state index contributed by atoms with van der Waals surface area (Å²) in [5, 5.41) is 0. The van der Waals surface area contributed by atoms with Gasteiger partial charge in [0.1, 0.15) is 0 Å². The van der Waals surface area contributed by atoms with Crippen LogP contribution in [-0.4, -0.2) is 0 Å². The average Bonchev–Trinajstić information content (AvgIpc) is 3.90. The molecule has 6 aromatic rings. The maximum atomic E-state index is 2.80. The van der Waals surface area contributed by atoms with Crippen LogP contribution in [0.3, 0.4) is 0 Å². The molecule has 1 fully saturated rings. The molecule has 2 unspecified atom stereocenters. The van der Waals surface area contributed by atoms with Crippen LogP contribution in [0.1, 0.15) is 66.4 Å². The van der Waals surface area contributed by atoms with E-state index in [9.17, 15) is 0 Å². The topological polar surface area (TPSA) is 0 Å². The Kier molecular flexibility index (Phi) is 7.08. The summed E-state index contributed by atoms with van der Waals surface area (Å²) in [6.45, 7) is 0. The first-order valence-corrected chi connectivity index (χ1v) is 29.9. The zero-order chi connectivity index (χ0) is 33.5. The van der Waals surface area contributed by atoms with Crippen molar-refractivity contribution in [1.29, 1.82) is 0 Å². The van der Waals surface area contributed by atoms with Crippen LogP contribution in [-0.2, 0) is 20.0 Å². The molecule has 10 rings (SSSR count). The molecule has 0 amide bonds. The molecule has 4 aliphatic rings. The molecular formula is C49H42Hf. The fourth-order valence-corrected chi connectivity index (χ4v) is 27.1. The van der Waals surface area contributed by atoms with Crippen LogP contribution in [0.15, 0.2) is 158 Å². The summed E-state index contributed by atoms with van der Waals surface area (Å²) in [6, 6.07) is 60.4. The maximum absolute atomic E-state index is 3.43. The van der Waals surface area contributed by atoms with Gasteiger partial charge < -0.3 is 0 Å². The predicted molar refractivity (Wildman–Crippen MR) is 208 cm³/mol. The standard InChI is InChI=1S/C47H36.2CH3.Hf/c1-3-13-33(14-4-1)35-21-25-37(26-22-35)43-31-39-17-7-9-19-41(39)45(43)47(29-11-12-30-47)46-42-20-10-8-18-40(42)32-44(46)38-27-23-36(24-28-38)34-15-5-2-6-16-34;;;/h1-10,13-28,31-32H,11-12,29-30H2;2*1H3;. The fourth-order valence-electron chi connectivity index (χ4n) is 10.8. The van der Waals surface area contributed by atoms with Crippen molar-refractivity contribution in [3.05, 3.63) is 191 Å². The van der Waals surface area contributed by atoms with Crippen LogP contribution in [0.25, 0.3) is 44.5 Å². The number of allylic oxidation sites excluding steroid dienone is 4. The Labute approximate surface area is 301 Å². The summed E-state index contributed by atoms with van der Waals surface area (Å²) in [6.07, 6.45) is 4.99. The number of rotatable bonds is 4. The summed E-state index contributed by atoms with van der Waals surface area (Å²) >= 11 is -3.43. The van der Waals surface area contributed by atoms with Gasteiger partial charge in [-0.2, -0.15) is 0 Å². The Morgan fingerprint density at radius 2 is 0.740 bits per heavy atom. The SMILES string of the molecule is [CH3][Hf]1([CH3])[CH]2C(c3ccc(-c4ccccc4)cc3)=C(c3ccccc32)C2(CCCC2)C2=C(c3ccc(-c4ccccc4)cc3)[CH]1c1ccccc12. The molecule has 1 aliphatic heterocycles. The predicted octanol–water partition coefficient (Wildman–Crippen LogP) is 13.5. The van der Waals surface area contributed by atoms with Crippen molar-refractivity contribution in [3.8, 4) is 22.3 Å². The van der Waals surface area contributed by atoms with Crippen molar-refractivity contribution in [2.75, 3.05) is 0 Å². The van der Waals surface area contributed by atoms with E-state index in [1.807, 2.05) is 0 Å². The molecule has 242 valence electrons. The van der Waals surface area contributed by atoms with Gasteiger partial charge in [-0.25, -0.2) is 0 Å². The fraction of sp³-hybridized carbons (Fsp3) is 0.184. The summed E-state index contributed by atoms with van der Waals surface area (Å²) < 4.78 is 6.58. The molecule has 1 spiro atoms. The van der Waals surface area contributed by atoms with E-state index in [1.54, 1.807) is 44.5 Å². The summed E-state index contributed by atoms with van der Waals surface area (Å²) in [5.41, 5.74) is 21.1. The summed E-state index contributed by atoms with van der Waals surface area (Å²) in [7, 11) is 0. The van der Waals surface area contributed by atoms with Gasteiger partial charge in [0.05, 0.1) is 0 Å². The van der Waals surface area contributed by atoms with Gasteiger partial charge in [-0.1, -0.05) is 0 Å². The third-order valence-corrected chi connectivity index (χ3v) is 27.7. The first kappa shape index (κ1) is 30.5. The Balaban J connectivity index is 1.26. The van der Waals surface area contributed by atoms with E-state index in [1.165, 1.54) is 59.1 Å². The van der Waals surface area contributed by atoms with E-state index in [2.05, 4.69) is 167 Å². The molecule has 6 aromatic carbocycles. The van der Waals surface area contributed by atoms with Crippen LogP contribution < -0.4 is 0 Å². The monoisotopic (exact) mass is 810 g/mol. The van der Waals surface area contributed by atoms with Gasteiger partial charge in [-0.05, 0) is 0 Å². The van der Waals surface area contributed by atoms with Gasteiger partial charge in [0, 0.05) is 0 Å². The molecular weight excluding hydrogens is 767 g/mol. The number of fused-ring (bicyclic) bond motifs is 10. The van der Waals surface area contributed by atoms with Crippen molar-refractivity contribution in [2.45, 2.75) is 42.4 Å². The summed E-state index contributed by atoms with van der Waals surface area (Å²) in [4.78, 5) is 0. The number of hydrogen-bond acceptors (Lipinski definition) is 0. The van der Waals surface area contributed by atoms with E-state index in [0.29, 0.717) is 7.35 Å². The third kappa shape index (κ3) is 4.38. The Morgan fingerprint density at radius 1 is 0.400 bits per heavy atom. The van der Waals surface area contributed by atoms with Gasteiger partial charge in [-0.3, -0.25) is 0 Å². The minimum absolute atomic E-state index is 0.0130. The van der Waals surface area contributed by atoms with Gasteiger partial charge in [0.15, 0.2) is 0 Å². The normalized spacial score (nSPS) is 20.8. The van der Waals surface area contributed by atoms with Crippen molar-refractivity contribution < 1.29 is 20.0 Å². The van der Waals surface area contributed by atoms with E-state index >= 15 is 0 Å². The minimum atomic E-state index is -3.43. The van der Waals surface area contributed by atoms with Gasteiger partial charge in [0.25, 0.3) is 0 Å². The van der Waals surface area contributed by atoms with Gasteiger partial charge in [0.2, 0.25) is 0 Å². The Bertz CT molecular complexity index is 2160. The molecule has 0 saturated heterocycles. The Morgan fingerprint density at radius 3 is 1.16 bits per heavy atom. The van der Waals surface area contributed by atoms with Gasteiger partial charge in [-0.15, -0.1) is 0 Å². The quantitative estimate of drug-likeness (QED) is 0.156. The van der Waals surface area contributed by atoms with Crippen molar-refractivity contribution >= 4 is 22.3 Å². The van der Waals surface area contributed by atoms with Crippen LogP contribution in [0.5, 0.6) is 0 Å². The Hall–Kier alpha value is -4.33. The van der Waals surface area contributed by atoms with E-state index in [0.717, 1.165) is 0 Å². The first-order valence-electron chi connectivity index (χ1n) is 18.6. The van der Waals surface area contributed by atoms with Crippen LogP contribution in [0, 0.1) is 5.41 Å².